The molecule has 0 radical (unpaired) electrons. The number of aliphatic hydroxyl groups is 1. The zero-order chi connectivity index (χ0) is 13.7. The smallest absolute Gasteiger partial charge is 0.200 e. The summed E-state index contributed by atoms with van der Waals surface area (Å²) in [5.41, 5.74) is 0. The van der Waals surface area contributed by atoms with Gasteiger partial charge in [-0.05, 0) is 12.1 Å². The number of hydrogen-bond donors (Lipinski definition) is 2. The van der Waals surface area contributed by atoms with Gasteiger partial charge in [-0.3, -0.25) is 4.90 Å². The van der Waals surface area contributed by atoms with Gasteiger partial charge in [0.15, 0.2) is 11.6 Å². The van der Waals surface area contributed by atoms with Crippen LogP contribution in [0, 0.1) is 11.6 Å². The lowest BCUT2D eigenvalue weighted by Gasteiger charge is -2.29. The topological polar surface area (TPSA) is 44.7 Å². The highest BCUT2D eigenvalue weighted by Crippen LogP contribution is 2.19. The maximum absolute atomic E-state index is 13.3. The highest BCUT2D eigenvalue weighted by atomic mass is 19.2. The Morgan fingerprint density at radius 1 is 1.32 bits per heavy atom. The zero-order valence-corrected chi connectivity index (χ0v) is 10.6. The second-order valence-corrected chi connectivity index (χ2v) is 4.57. The van der Waals surface area contributed by atoms with Crippen molar-refractivity contribution in [2.75, 3.05) is 39.3 Å². The molecule has 19 heavy (non-hydrogen) atoms. The van der Waals surface area contributed by atoms with Crippen LogP contribution in [0.4, 0.5) is 8.78 Å². The molecule has 2 N–H and O–H groups in total. The summed E-state index contributed by atoms with van der Waals surface area (Å²) in [5.74, 6) is -2.13. The molecule has 0 spiro atoms. The van der Waals surface area contributed by atoms with Crippen molar-refractivity contribution < 1.29 is 18.6 Å². The third-order valence-electron chi connectivity index (χ3n) is 3.03. The van der Waals surface area contributed by atoms with Crippen LogP contribution in [0.15, 0.2) is 18.2 Å². The van der Waals surface area contributed by atoms with E-state index in [9.17, 15) is 13.9 Å². The van der Waals surface area contributed by atoms with Crippen molar-refractivity contribution in [3.05, 3.63) is 29.8 Å². The molecule has 0 aliphatic carbocycles. The van der Waals surface area contributed by atoms with Crippen molar-refractivity contribution >= 4 is 0 Å². The van der Waals surface area contributed by atoms with Gasteiger partial charge in [-0.2, -0.15) is 4.39 Å². The van der Waals surface area contributed by atoms with Crippen LogP contribution < -0.4 is 10.1 Å². The third-order valence-corrected chi connectivity index (χ3v) is 3.03. The largest absolute Gasteiger partial charge is 0.488 e. The Hall–Kier alpha value is -1.24. The van der Waals surface area contributed by atoms with E-state index in [4.69, 9.17) is 4.74 Å². The molecule has 1 atom stereocenters. The minimum Gasteiger partial charge on any atom is -0.488 e. The normalized spacial score (nSPS) is 18.3. The fourth-order valence-electron chi connectivity index (χ4n) is 2.03. The van der Waals surface area contributed by atoms with Crippen LogP contribution in [0.25, 0.3) is 0 Å². The fourth-order valence-corrected chi connectivity index (χ4v) is 2.03. The SMILES string of the molecule is OC(COc1cccc(F)c1F)CN1CCNCC1. The van der Waals surface area contributed by atoms with E-state index in [-0.39, 0.29) is 12.4 Å². The molecule has 6 heteroatoms. The van der Waals surface area contributed by atoms with Crippen molar-refractivity contribution in [3.8, 4) is 5.75 Å². The van der Waals surface area contributed by atoms with Crippen LogP contribution in [-0.4, -0.2) is 55.4 Å². The van der Waals surface area contributed by atoms with E-state index < -0.39 is 17.7 Å². The van der Waals surface area contributed by atoms with Crippen molar-refractivity contribution in [1.82, 2.24) is 10.2 Å². The molecule has 1 fully saturated rings. The summed E-state index contributed by atoms with van der Waals surface area (Å²) in [5, 5.41) is 13.0. The van der Waals surface area contributed by atoms with Gasteiger partial charge in [-0.25, -0.2) is 4.39 Å². The first-order valence-corrected chi connectivity index (χ1v) is 6.35. The molecule has 0 amide bonds. The number of benzene rings is 1. The molecule has 0 saturated carbocycles. The summed E-state index contributed by atoms with van der Waals surface area (Å²) in [6.45, 7) is 3.94. The zero-order valence-electron chi connectivity index (χ0n) is 10.6. The number of aliphatic hydroxyl groups excluding tert-OH is 1. The van der Waals surface area contributed by atoms with Gasteiger partial charge < -0.3 is 15.2 Å². The summed E-state index contributed by atoms with van der Waals surface area (Å²) in [7, 11) is 0. The second kappa shape index (κ2) is 6.79. The summed E-state index contributed by atoms with van der Waals surface area (Å²) in [6, 6.07) is 3.74. The number of halogens is 2. The number of ether oxygens (including phenoxy) is 1. The van der Waals surface area contributed by atoms with Crippen LogP contribution in [-0.2, 0) is 0 Å². The molecule has 1 aromatic carbocycles. The monoisotopic (exact) mass is 272 g/mol. The van der Waals surface area contributed by atoms with Gasteiger partial charge in [-0.15, -0.1) is 0 Å². The minimum atomic E-state index is -1.02. The summed E-state index contributed by atoms with van der Waals surface area (Å²) in [4.78, 5) is 2.10. The number of β-amino-alcohol motifs (C(OH)–C–C–N with tert-alkyl or cyclic N) is 1. The lowest BCUT2D eigenvalue weighted by molar-refractivity contribution is 0.0625. The first-order valence-electron chi connectivity index (χ1n) is 6.35. The Labute approximate surface area is 111 Å². The Kier molecular flexibility index (Phi) is 5.07. The Bertz CT molecular complexity index is 412. The highest BCUT2D eigenvalue weighted by Gasteiger charge is 2.16. The first kappa shape index (κ1) is 14.2. The van der Waals surface area contributed by atoms with Gasteiger partial charge in [0.1, 0.15) is 12.7 Å². The van der Waals surface area contributed by atoms with E-state index in [1.807, 2.05) is 0 Å². The molecule has 1 saturated heterocycles. The molecule has 1 heterocycles. The maximum Gasteiger partial charge on any atom is 0.200 e. The van der Waals surface area contributed by atoms with Gasteiger partial charge in [0.05, 0.1) is 0 Å². The Morgan fingerprint density at radius 3 is 2.79 bits per heavy atom. The highest BCUT2D eigenvalue weighted by molar-refractivity contribution is 5.25. The molecule has 1 aliphatic rings. The van der Waals surface area contributed by atoms with Crippen molar-refractivity contribution in [3.63, 3.8) is 0 Å². The van der Waals surface area contributed by atoms with E-state index in [0.717, 1.165) is 32.2 Å². The average Bonchev–Trinajstić information content (AvgIpc) is 2.42. The quantitative estimate of drug-likeness (QED) is 0.824. The van der Waals surface area contributed by atoms with Crippen LogP contribution in [0.3, 0.4) is 0 Å². The van der Waals surface area contributed by atoms with Crippen molar-refractivity contribution in [2.24, 2.45) is 0 Å². The van der Waals surface area contributed by atoms with Crippen LogP contribution >= 0.6 is 0 Å². The van der Waals surface area contributed by atoms with E-state index in [1.165, 1.54) is 12.1 Å². The van der Waals surface area contributed by atoms with E-state index in [0.29, 0.717) is 6.54 Å². The standard InChI is InChI=1S/C13H18F2N2O2/c14-11-2-1-3-12(13(11)15)19-9-10(18)8-17-6-4-16-5-7-17/h1-3,10,16,18H,4-9H2. The molecule has 0 bridgehead atoms. The van der Waals surface area contributed by atoms with Crippen molar-refractivity contribution in [1.29, 1.82) is 0 Å². The minimum absolute atomic E-state index is 0.0513. The molecule has 2 rings (SSSR count). The first-order chi connectivity index (χ1) is 9.16. The predicted molar refractivity (Wildman–Crippen MR) is 67.2 cm³/mol. The van der Waals surface area contributed by atoms with Gasteiger partial charge in [0, 0.05) is 32.7 Å². The summed E-state index contributed by atoms with van der Waals surface area (Å²) in [6.07, 6.45) is -0.722. The molecular formula is C13H18F2N2O2. The Balaban J connectivity index is 1.79. The number of piperazine rings is 1. The van der Waals surface area contributed by atoms with Gasteiger partial charge in [0.2, 0.25) is 5.82 Å². The summed E-state index contributed by atoms with van der Waals surface area (Å²) >= 11 is 0. The van der Waals surface area contributed by atoms with Crippen LogP contribution in [0.2, 0.25) is 0 Å². The number of hydrogen-bond acceptors (Lipinski definition) is 4. The molecular weight excluding hydrogens is 254 g/mol. The van der Waals surface area contributed by atoms with Gasteiger partial charge in [0.25, 0.3) is 0 Å². The lowest BCUT2D eigenvalue weighted by Crippen LogP contribution is -2.47. The van der Waals surface area contributed by atoms with Crippen LogP contribution in [0.5, 0.6) is 5.75 Å². The lowest BCUT2D eigenvalue weighted by atomic mass is 10.3. The second-order valence-electron chi connectivity index (χ2n) is 4.57. The fraction of sp³-hybridized carbons (Fsp3) is 0.538. The number of nitrogens with one attached hydrogen (secondary N) is 1. The van der Waals surface area contributed by atoms with E-state index in [1.54, 1.807) is 0 Å². The van der Waals surface area contributed by atoms with Crippen LogP contribution in [0.1, 0.15) is 0 Å². The molecule has 0 aromatic heterocycles. The average molecular weight is 272 g/mol. The third kappa shape index (κ3) is 4.12. The molecule has 106 valence electrons. The molecule has 1 unspecified atom stereocenters. The number of nitrogens with zero attached hydrogens (tertiary/aromatic N) is 1. The van der Waals surface area contributed by atoms with Gasteiger partial charge in [-0.1, -0.05) is 6.07 Å². The van der Waals surface area contributed by atoms with Gasteiger partial charge >= 0.3 is 0 Å². The predicted octanol–water partition coefficient (Wildman–Crippen LogP) is 0.610. The number of rotatable bonds is 5. The molecule has 4 nitrogen and oxygen atoms in total. The maximum atomic E-state index is 13.3. The van der Waals surface area contributed by atoms with Crippen molar-refractivity contribution in [2.45, 2.75) is 6.10 Å². The molecule has 1 aliphatic heterocycles. The molecule has 1 aromatic rings. The Morgan fingerprint density at radius 2 is 2.05 bits per heavy atom. The summed E-state index contributed by atoms with van der Waals surface area (Å²) < 4.78 is 31.4. The van der Waals surface area contributed by atoms with E-state index in [2.05, 4.69) is 10.2 Å². The van der Waals surface area contributed by atoms with E-state index >= 15 is 0 Å².